The van der Waals surface area contributed by atoms with Crippen molar-refractivity contribution in [2.24, 2.45) is 5.73 Å². The number of aromatic nitrogens is 2. The van der Waals surface area contributed by atoms with E-state index in [4.69, 9.17) is 5.73 Å². The molecule has 0 aromatic carbocycles. The summed E-state index contributed by atoms with van der Waals surface area (Å²) in [5, 5.41) is 4.03. The van der Waals surface area contributed by atoms with E-state index in [1.807, 2.05) is 0 Å². The average Bonchev–Trinajstić information content (AvgIpc) is 2.82. The Hall–Kier alpha value is -1.18. The first-order chi connectivity index (χ1) is 8.56. The lowest BCUT2D eigenvalue weighted by Gasteiger charge is -2.17. The van der Waals surface area contributed by atoms with Gasteiger partial charge in [0.15, 0.2) is 0 Å². The van der Waals surface area contributed by atoms with Crippen LogP contribution in [0.2, 0.25) is 0 Å². The van der Waals surface area contributed by atoms with Crippen molar-refractivity contribution >= 4 is 10.0 Å². The standard InChI is InChI=1S/C11H20N4O2S/c1-3-7-15(4-2)18(16,17)11-9-13-14(10-11)8-5-6-12/h3,9-10H,1,4-8,12H2,2H3. The Balaban J connectivity index is 2.90. The minimum atomic E-state index is -3.47. The van der Waals surface area contributed by atoms with Crippen LogP contribution >= 0.6 is 0 Å². The third-order valence-corrected chi connectivity index (χ3v) is 4.42. The molecule has 0 aliphatic rings. The van der Waals surface area contributed by atoms with Gasteiger partial charge in [0, 0.05) is 25.8 Å². The highest BCUT2D eigenvalue weighted by Crippen LogP contribution is 2.14. The molecule has 1 heterocycles. The molecule has 1 aromatic rings. The van der Waals surface area contributed by atoms with Gasteiger partial charge in [-0.3, -0.25) is 4.68 Å². The normalized spacial score (nSPS) is 11.9. The summed E-state index contributed by atoms with van der Waals surface area (Å²) < 4.78 is 27.4. The minimum absolute atomic E-state index is 0.211. The molecule has 0 amide bonds. The molecule has 6 nitrogen and oxygen atoms in total. The maximum Gasteiger partial charge on any atom is 0.246 e. The molecule has 102 valence electrons. The zero-order valence-electron chi connectivity index (χ0n) is 10.6. The minimum Gasteiger partial charge on any atom is -0.330 e. The number of sulfonamides is 1. The fourth-order valence-corrected chi connectivity index (χ4v) is 2.92. The first-order valence-corrected chi connectivity index (χ1v) is 7.33. The molecule has 0 saturated carbocycles. The predicted molar refractivity (Wildman–Crippen MR) is 70.5 cm³/mol. The molecule has 0 atom stereocenters. The van der Waals surface area contributed by atoms with Gasteiger partial charge in [0.2, 0.25) is 10.0 Å². The van der Waals surface area contributed by atoms with Gasteiger partial charge >= 0.3 is 0 Å². The van der Waals surface area contributed by atoms with Gasteiger partial charge < -0.3 is 5.73 Å². The van der Waals surface area contributed by atoms with Crippen LogP contribution < -0.4 is 5.73 Å². The second-order valence-electron chi connectivity index (χ2n) is 3.83. The van der Waals surface area contributed by atoms with Gasteiger partial charge in [-0.15, -0.1) is 6.58 Å². The predicted octanol–water partition coefficient (Wildman–Crippen LogP) is 0.429. The summed E-state index contributed by atoms with van der Waals surface area (Å²) in [4.78, 5) is 0.211. The lowest BCUT2D eigenvalue weighted by atomic mass is 10.4. The van der Waals surface area contributed by atoms with Crippen LogP contribution in [-0.2, 0) is 16.6 Å². The molecule has 0 unspecified atom stereocenters. The third-order valence-electron chi connectivity index (χ3n) is 2.52. The van der Waals surface area contributed by atoms with Gasteiger partial charge in [0.1, 0.15) is 4.90 Å². The van der Waals surface area contributed by atoms with Crippen LogP contribution in [0.4, 0.5) is 0 Å². The van der Waals surface area contributed by atoms with E-state index in [0.29, 0.717) is 26.2 Å². The summed E-state index contributed by atoms with van der Waals surface area (Å²) in [6.07, 6.45) is 5.25. The molecule has 0 bridgehead atoms. The van der Waals surface area contributed by atoms with Crippen molar-refractivity contribution in [2.75, 3.05) is 19.6 Å². The van der Waals surface area contributed by atoms with Crippen molar-refractivity contribution in [3.8, 4) is 0 Å². The lowest BCUT2D eigenvalue weighted by Crippen LogP contribution is -2.30. The van der Waals surface area contributed by atoms with Gasteiger partial charge in [0.25, 0.3) is 0 Å². The molecular weight excluding hydrogens is 252 g/mol. The number of hydrogen-bond acceptors (Lipinski definition) is 4. The fourth-order valence-electron chi connectivity index (χ4n) is 1.54. The maximum atomic E-state index is 12.2. The summed E-state index contributed by atoms with van der Waals surface area (Å²) in [7, 11) is -3.47. The number of nitrogens with two attached hydrogens (primary N) is 1. The molecule has 0 spiro atoms. The van der Waals surface area contributed by atoms with Crippen LogP contribution in [0.1, 0.15) is 13.3 Å². The number of likely N-dealkylation sites (N-methyl/N-ethyl adjacent to an activating group) is 1. The molecule has 0 aliphatic carbocycles. The highest BCUT2D eigenvalue weighted by Gasteiger charge is 2.23. The molecule has 1 aromatic heterocycles. The summed E-state index contributed by atoms with van der Waals surface area (Å²) in [6.45, 7) is 7.24. The monoisotopic (exact) mass is 272 g/mol. The average molecular weight is 272 g/mol. The zero-order valence-corrected chi connectivity index (χ0v) is 11.4. The van der Waals surface area contributed by atoms with Gasteiger partial charge in [-0.25, -0.2) is 8.42 Å². The van der Waals surface area contributed by atoms with Crippen LogP contribution in [0, 0.1) is 0 Å². The highest BCUT2D eigenvalue weighted by atomic mass is 32.2. The molecule has 2 N–H and O–H groups in total. The smallest absolute Gasteiger partial charge is 0.246 e. The molecule has 0 aliphatic heterocycles. The van der Waals surface area contributed by atoms with Crippen molar-refractivity contribution < 1.29 is 8.42 Å². The van der Waals surface area contributed by atoms with E-state index in [-0.39, 0.29) is 4.90 Å². The highest BCUT2D eigenvalue weighted by molar-refractivity contribution is 7.89. The van der Waals surface area contributed by atoms with Crippen molar-refractivity contribution in [3.63, 3.8) is 0 Å². The Morgan fingerprint density at radius 3 is 2.89 bits per heavy atom. The van der Waals surface area contributed by atoms with Crippen LogP contribution in [-0.4, -0.2) is 42.1 Å². The summed E-state index contributed by atoms with van der Waals surface area (Å²) >= 11 is 0. The number of nitrogens with zero attached hydrogens (tertiary/aromatic N) is 3. The van der Waals surface area contributed by atoms with E-state index in [1.54, 1.807) is 17.7 Å². The first kappa shape index (κ1) is 14.9. The number of rotatable bonds is 8. The van der Waals surface area contributed by atoms with Crippen LogP contribution in [0.15, 0.2) is 29.9 Å². The molecular formula is C11H20N4O2S. The molecule has 7 heteroatoms. The van der Waals surface area contributed by atoms with E-state index in [2.05, 4.69) is 11.7 Å². The van der Waals surface area contributed by atoms with Crippen molar-refractivity contribution in [3.05, 3.63) is 25.0 Å². The number of aryl methyl sites for hydroxylation is 1. The van der Waals surface area contributed by atoms with E-state index >= 15 is 0 Å². The Kier molecular flexibility index (Phi) is 5.52. The molecule has 0 radical (unpaired) electrons. The van der Waals surface area contributed by atoms with Crippen molar-refractivity contribution in [2.45, 2.75) is 24.8 Å². The maximum absolute atomic E-state index is 12.2. The largest absolute Gasteiger partial charge is 0.330 e. The summed E-state index contributed by atoms with van der Waals surface area (Å²) in [5.74, 6) is 0. The van der Waals surface area contributed by atoms with E-state index in [1.165, 1.54) is 16.7 Å². The molecule has 1 rings (SSSR count). The van der Waals surface area contributed by atoms with E-state index in [0.717, 1.165) is 6.42 Å². The molecule has 0 saturated heterocycles. The zero-order chi connectivity index (χ0) is 13.6. The fraction of sp³-hybridized carbons (Fsp3) is 0.545. The lowest BCUT2D eigenvalue weighted by molar-refractivity contribution is 0.459. The van der Waals surface area contributed by atoms with Crippen LogP contribution in [0.3, 0.4) is 0 Å². The van der Waals surface area contributed by atoms with Crippen LogP contribution in [0.25, 0.3) is 0 Å². The van der Waals surface area contributed by atoms with E-state index in [9.17, 15) is 8.42 Å². The third kappa shape index (κ3) is 3.41. The molecule has 18 heavy (non-hydrogen) atoms. The Morgan fingerprint density at radius 1 is 1.61 bits per heavy atom. The Bertz CT molecular complexity index is 481. The topological polar surface area (TPSA) is 81.2 Å². The van der Waals surface area contributed by atoms with Gasteiger partial charge in [-0.1, -0.05) is 13.0 Å². The second kappa shape index (κ2) is 6.67. The second-order valence-corrected chi connectivity index (χ2v) is 5.76. The van der Waals surface area contributed by atoms with E-state index < -0.39 is 10.0 Å². The van der Waals surface area contributed by atoms with Gasteiger partial charge in [-0.05, 0) is 13.0 Å². The van der Waals surface area contributed by atoms with Crippen molar-refractivity contribution in [1.29, 1.82) is 0 Å². The van der Waals surface area contributed by atoms with Gasteiger partial charge in [-0.2, -0.15) is 9.40 Å². The van der Waals surface area contributed by atoms with Crippen molar-refractivity contribution in [1.82, 2.24) is 14.1 Å². The summed E-state index contributed by atoms with van der Waals surface area (Å²) in [6, 6.07) is 0. The first-order valence-electron chi connectivity index (χ1n) is 5.89. The number of hydrogen-bond donors (Lipinski definition) is 1. The molecule has 0 fully saturated rings. The Morgan fingerprint density at radius 2 is 2.33 bits per heavy atom. The summed E-state index contributed by atoms with van der Waals surface area (Å²) in [5.41, 5.74) is 5.40. The van der Waals surface area contributed by atoms with Crippen LogP contribution in [0.5, 0.6) is 0 Å². The Labute approximate surface area is 108 Å². The van der Waals surface area contributed by atoms with Gasteiger partial charge in [0.05, 0.1) is 6.20 Å². The SMILES string of the molecule is C=CCN(CC)S(=O)(=O)c1cnn(CCCN)c1. The quantitative estimate of drug-likeness (QED) is 0.696.